The maximum atomic E-state index is 12.5. The number of benzene rings is 1. The zero-order valence-electron chi connectivity index (χ0n) is 19.3. The van der Waals surface area contributed by atoms with Crippen LogP contribution in [-0.4, -0.2) is 38.2 Å². The van der Waals surface area contributed by atoms with Crippen LogP contribution in [0.4, 0.5) is 5.82 Å². The van der Waals surface area contributed by atoms with Crippen LogP contribution in [0.1, 0.15) is 61.1 Å². The molecule has 0 radical (unpaired) electrons. The Morgan fingerprint density at radius 2 is 1.91 bits per heavy atom. The van der Waals surface area contributed by atoms with E-state index in [2.05, 4.69) is 45.4 Å². The van der Waals surface area contributed by atoms with E-state index in [0.717, 1.165) is 52.0 Å². The molecule has 176 valence electrons. The van der Waals surface area contributed by atoms with Crippen molar-refractivity contribution >= 4 is 40.0 Å². The van der Waals surface area contributed by atoms with Crippen molar-refractivity contribution in [2.45, 2.75) is 70.6 Å². The lowest BCUT2D eigenvalue weighted by molar-refractivity contribution is -0.0705. The first kappa shape index (κ1) is 23.9. The molecule has 1 aliphatic rings. The second-order valence-electron chi connectivity index (χ2n) is 9.37. The predicted octanol–water partition coefficient (Wildman–Crippen LogP) is 4.01. The fraction of sp³-hybridized carbons (Fsp3) is 0.458. The number of hydrogen-bond acceptors (Lipinski definition) is 6. The summed E-state index contributed by atoms with van der Waals surface area (Å²) in [6.45, 7) is 5.96. The number of carbonyl (C=O) groups is 1. The van der Waals surface area contributed by atoms with Crippen LogP contribution in [0.15, 0.2) is 36.5 Å². The number of nitrogens with two attached hydrogens (primary N) is 1. The minimum absolute atomic E-state index is 0.270. The van der Waals surface area contributed by atoms with Gasteiger partial charge in [-0.25, -0.2) is 15.0 Å². The molecule has 0 unspecified atom stereocenters. The lowest BCUT2D eigenvalue weighted by Crippen LogP contribution is -2.38. The van der Waals surface area contributed by atoms with E-state index in [1.807, 2.05) is 36.6 Å². The standard InChI is InChI=1S/C24H31IN6O2/c1-15-20(14-24(2,3)33-30-23(32)16-4-6-17(25)7-5-16)31-21(12-13-27-31)29-22(15)28-19-10-8-18(26)9-11-19/h4-7,12-13,18-19H,8-11,14,26H2,1-3H3,(H,28,29)(H,30,32). The Hall–Kier alpha value is -2.24. The van der Waals surface area contributed by atoms with Crippen molar-refractivity contribution in [1.29, 1.82) is 0 Å². The van der Waals surface area contributed by atoms with E-state index in [-0.39, 0.29) is 5.91 Å². The van der Waals surface area contributed by atoms with Gasteiger partial charge in [0.2, 0.25) is 0 Å². The smallest absolute Gasteiger partial charge is 0.274 e. The number of carbonyl (C=O) groups excluding carboxylic acids is 1. The summed E-state index contributed by atoms with van der Waals surface area (Å²) >= 11 is 2.21. The molecule has 0 saturated heterocycles. The van der Waals surface area contributed by atoms with E-state index < -0.39 is 5.60 Å². The first-order valence-corrected chi connectivity index (χ1v) is 12.4. The molecule has 1 fully saturated rings. The molecule has 0 spiro atoms. The van der Waals surface area contributed by atoms with Crippen molar-refractivity contribution in [3.63, 3.8) is 0 Å². The highest BCUT2D eigenvalue weighted by Crippen LogP contribution is 2.27. The maximum absolute atomic E-state index is 12.5. The molecule has 2 aromatic heterocycles. The van der Waals surface area contributed by atoms with Gasteiger partial charge in [0.1, 0.15) is 5.82 Å². The summed E-state index contributed by atoms with van der Waals surface area (Å²) in [5, 5.41) is 8.11. The number of nitrogens with zero attached hydrogens (tertiary/aromatic N) is 3. The van der Waals surface area contributed by atoms with Gasteiger partial charge in [0, 0.05) is 39.3 Å². The summed E-state index contributed by atoms with van der Waals surface area (Å²) < 4.78 is 2.92. The molecule has 0 atom stereocenters. The van der Waals surface area contributed by atoms with E-state index in [1.165, 1.54) is 0 Å². The minimum Gasteiger partial charge on any atom is -0.367 e. The molecule has 4 N–H and O–H groups in total. The van der Waals surface area contributed by atoms with E-state index in [1.54, 1.807) is 18.3 Å². The fourth-order valence-corrected chi connectivity index (χ4v) is 4.53. The summed E-state index contributed by atoms with van der Waals surface area (Å²) in [4.78, 5) is 23.2. The van der Waals surface area contributed by atoms with E-state index in [0.29, 0.717) is 24.1 Å². The van der Waals surface area contributed by atoms with Gasteiger partial charge in [0.05, 0.1) is 17.5 Å². The van der Waals surface area contributed by atoms with Crippen molar-refractivity contribution in [3.8, 4) is 0 Å². The van der Waals surface area contributed by atoms with Crippen LogP contribution in [0.3, 0.4) is 0 Å². The molecule has 3 aromatic rings. The normalized spacial score (nSPS) is 18.9. The number of aromatic nitrogens is 3. The second-order valence-corrected chi connectivity index (χ2v) is 10.6. The van der Waals surface area contributed by atoms with Crippen LogP contribution in [0, 0.1) is 10.5 Å². The molecule has 1 amide bonds. The molecule has 1 saturated carbocycles. The molecule has 8 nitrogen and oxygen atoms in total. The molecule has 2 heterocycles. The Labute approximate surface area is 207 Å². The van der Waals surface area contributed by atoms with Gasteiger partial charge in [-0.2, -0.15) is 5.10 Å². The molecule has 4 rings (SSSR count). The average molecular weight is 562 g/mol. The summed E-state index contributed by atoms with van der Waals surface area (Å²) in [5.41, 5.74) is 11.4. The lowest BCUT2D eigenvalue weighted by Gasteiger charge is -2.29. The van der Waals surface area contributed by atoms with Gasteiger partial charge in [-0.15, -0.1) is 0 Å². The summed E-state index contributed by atoms with van der Waals surface area (Å²) in [7, 11) is 0. The van der Waals surface area contributed by atoms with Crippen molar-refractivity contribution in [3.05, 3.63) is 56.9 Å². The van der Waals surface area contributed by atoms with E-state index >= 15 is 0 Å². The fourth-order valence-electron chi connectivity index (χ4n) is 4.17. The zero-order valence-corrected chi connectivity index (χ0v) is 21.4. The molecule has 0 bridgehead atoms. The van der Waals surface area contributed by atoms with Gasteiger partial charge in [-0.3, -0.25) is 9.63 Å². The monoisotopic (exact) mass is 562 g/mol. The summed E-state index contributed by atoms with van der Waals surface area (Å²) in [6.07, 6.45) is 6.43. The average Bonchev–Trinajstić information content (AvgIpc) is 3.25. The highest BCUT2D eigenvalue weighted by Gasteiger charge is 2.27. The third-order valence-corrected chi connectivity index (χ3v) is 6.84. The van der Waals surface area contributed by atoms with Crippen molar-refractivity contribution in [2.75, 3.05) is 5.32 Å². The molecule has 1 aromatic carbocycles. The van der Waals surface area contributed by atoms with Gasteiger partial charge < -0.3 is 11.1 Å². The highest BCUT2D eigenvalue weighted by atomic mass is 127. The predicted molar refractivity (Wildman–Crippen MR) is 137 cm³/mol. The van der Waals surface area contributed by atoms with E-state index in [9.17, 15) is 4.79 Å². The zero-order chi connectivity index (χ0) is 23.6. The molecular weight excluding hydrogens is 531 g/mol. The number of nitrogens with one attached hydrogen (secondary N) is 2. The van der Waals surface area contributed by atoms with Crippen molar-refractivity contribution in [1.82, 2.24) is 20.1 Å². The van der Waals surface area contributed by atoms with Crippen LogP contribution in [0.2, 0.25) is 0 Å². The Morgan fingerprint density at radius 1 is 1.21 bits per heavy atom. The van der Waals surface area contributed by atoms with Gasteiger partial charge in [0.15, 0.2) is 5.65 Å². The molecule has 1 aliphatic carbocycles. The van der Waals surface area contributed by atoms with E-state index in [4.69, 9.17) is 15.6 Å². The number of rotatable bonds is 7. The topological polar surface area (TPSA) is 107 Å². The Bertz CT molecular complexity index is 1120. The summed E-state index contributed by atoms with van der Waals surface area (Å²) in [6, 6.07) is 9.92. The summed E-state index contributed by atoms with van der Waals surface area (Å²) in [5.74, 6) is 0.602. The largest absolute Gasteiger partial charge is 0.367 e. The number of hydroxylamine groups is 1. The van der Waals surface area contributed by atoms with Gasteiger partial charge in [-0.1, -0.05) is 0 Å². The molecular formula is C24H31IN6O2. The SMILES string of the molecule is Cc1c(NC2CCC(N)CC2)nc2ccnn2c1CC(C)(C)ONC(=O)c1ccc(I)cc1. The second kappa shape index (κ2) is 9.94. The van der Waals surface area contributed by atoms with Crippen molar-refractivity contribution in [2.24, 2.45) is 5.73 Å². The van der Waals surface area contributed by atoms with Gasteiger partial charge in [0.25, 0.3) is 5.91 Å². The van der Waals surface area contributed by atoms with Gasteiger partial charge >= 0.3 is 0 Å². The maximum Gasteiger partial charge on any atom is 0.274 e. The van der Waals surface area contributed by atoms with Crippen LogP contribution < -0.4 is 16.5 Å². The van der Waals surface area contributed by atoms with Crippen LogP contribution in [-0.2, 0) is 11.3 Å². The molecule has 9 heteroatoms. The number of hydrogen-bond donors (Lipinski definition) is 3. The first-order valence-electron chi connectivity index (χ1n) is 11.3. The Balaban J connectivity index is 1.50. The Morgan fingerprint density at radius 3 is 2.61 bits per heavy atom. The third-order valence-electron chi connectivity index (χ3n) is 6.13. The number of fused-ring (bicyclic) bond motifs is 1. The van der Waals surface area contributed by atoms with Gasteiger partial charge in [-0.05, 0) is 93.3 Å². The Kier molecular flexibility index (Phi) is 7.20. The first-order chi connectivity index (χ1) is 15.7. The van der Waals surface area contributed by atoms with Crippen LogP contribution >= 0.6 is 22.6 Å². The quantitative estimate of drug-likeness (QED) is 0.297. The van der Waals surface area contributed by atoms with Crippen LogP contribution in [0.5, 0.6) is 0 Å². The third kappa shape index (κ3) is 5.82. The number of anilines is 1. The van der Waals surface area contributed by atoms with Crippen molar-refractivity contribution < 1.29 is 9.63 Å². The molecule has 33 heavy (non-hydrogen) atoms. The highest BCUT2D eigenvalue weighted by molar-refractivity contribution is 14.1. The van der Waals surface area contributed by atoms with Crippen LogP contribution in [0.25, 0.3) is 5.65 Å². The molecule has 0 aliphatic heterocycles. The lowest BCUT2D eigenvalue weighted by atomic mass is 9.91. The minimum atomic E-state index is -0.668. The number of amides is 1. The number of halogens is 1.